The lowest BCUT2D eigenvalue weighted by Crippen LogP contribution is -2.10. The topological polar surface area (TPSA) is 6.48 Å². The Bertz CT molecular complexity index is 3300. The van der Waals surface area contributed by atoms with Gasteiger partial charge in [0, 0.05) is 85.6 Å². The van der Waals surface area contributed by atoms with Gasteiger partial charge in [0.1, 0.15) is 0 Å². The van der Waals surface area contributed by atoms with Crippen molar-refractivity contribution in [3.05, 3.63) is 243 Å². The summed E-state index contributed by atoms with van der Waals surface area (Å²) in [5.74, 6) is 0. The summed E-state index contributed by atoms with van der Waals surface area (Å²) < 4.78 is 5.12. The first-order valence-corrected chi connectivity index (χ1v) is 23.3. The summed E-state index contributed by atoms with van der Waals surface area (Å²) in [6.45, 7) is 0. The summed E-state index contributed by atoms with van der Waals surface area (Å²) in [4.78, 5) is 4.78. The van der Waals surface area contributed by atoms with Gasteiger partial charge in [0.25, 0.3) is 0 Å². The van der Waals surface area contributed by atoms with Crippen LogP contribution >= 0.6 is 22.7 Å². The van der Waals surface area contributed by atoms with Crippen molar-refractivity contribution in [3.63, 3.8) is 0 Å². The van der Waals surface area contributed by atoms with E-state index in [0.717, 1.165) is 34.1 Å². The Kier molecular flexibility index (Phi) is 9.59. The molecule has 10 aromatic carbocycles. The van der Waals surface area contributed by atoms with Crippen LogP contribution in [0.2, 0.25) is 0 Å². The molecule has 4 heteroatoms. The van der Waals surface area contributed by atoms with Crippen molar-refractivity contribution in [3.8, 4) is 33.4 Å². The maximum atomic E-state index is 2.45. The molecular weight excluding hydrogens is 813 g/mol. The molecule has 302 valence electrons. The van der Waals surface area contributed by atoms with Gasteiger partial charge in [-0.2, -0.15) is 0 Å². The standard InChI is InChI=1S/C60H40N2S2/c1-6-20-41(21-7-1)42-34-43(53-37-49(39-55-51-30-16-18-32-57(51)63-59(53)55)61(45-22-8-2-9-23-45)46-24-10-3-11-25-46)36-44(35-42)54-38-50(40-56-52-31-17-19-33-58(52)64-60(54)56)62(47-26-12-4-13-27-47)48-28-14-5-15-29-48/h1-40H. The van der Waals surface area contributed by atoms with Gasteiger partial charge in [0.15, 0.2) is 0 Å². The molecule has 2 nitrogen and oxygen atoms in total. The Hall–Kier alpha value is -7.76. The maximum absolute atomic E-state index is 2.45. The third-order valence-corrected chi connectivity index (χ3v) is 14.6. The molecule has 0 spiro atoms. The van der Waals surface area contributed by atoms with Gasteiger partial charge in [-0.25, -0.2) is 0 Å². The fourth-order valence-electron chi connectivity index (χ4n) is 9.25. The second-order valence-electron chi connectivity index (χ2n) is 16.1. The van der Waals surface area contributed by atoms with Gasteiger partial charge in [-0.05, 0) is 125 Å². The molecule has 2 heterocycles. The molecule has 0 N–H and O–H groups in total. The molecule has 12 rings (SSSR count). The lowest BCUT2D eigenvalue weighted by molar-refractivity contribution is 1.29. The molecule has 64 heavy (non-hydrogen) atoms. The van der Waals surface area contributed by atoms with Gasteiger partial charge in [-0.15, -0.1) is 22.7 Å². The van der Waals surface area contributed by atoms with Crippen molar-refractivity contribution in [2.24, 2.45) is 0 Å². The minimum Gasteiger partial charge on any atom is -0.310 e. The summed E-state index contributed by atoms with van der Waals surface area (Å²) in [7, 11) is 0. The summed E-state index contributed by atoms with van der Waals surface area (Å²) in [6.07, 6.45) is 0. The van der Waals surface area contributed by atoms with Crippen LogP contribution < -0.4 is 9.80 Å². The van der Waals surface area contributed by atoms with E-state index in [1.54, 1.807) is 0 Å². The largest absolute Gasteiger partial charge is 0.310 e. The smallest absolute Gasteiger partial charge is 0.0475 e. The first-order valence-electron chi connectivity index (χ1n) is 21.7. The van der Waals surface area contributed by atoms with Crippen LogP contribution in [-0.4, -0.2) is 0 Å². The van der Waals surface area contributed by atoms with Crippen molar-refractivity contribution in [2.45, 2.75) is 0 Å². The Labute approximate surface area is 380 Å². The maximum Gasteiger partial charge on any atom is 0.0475 e. The molecule has 0 fully saturated rings. The fourth-order valence-corrected chi connectivity index (χ4v) is 11.7. The van der Waals surface area contributed by atoms with E-state index in [-0.39, 0.29) is 0 Å². The molecule has 0 aliphatic rings. The number of hydrogen-bond donors (Lipinski definition) is 0. The van der Waals surface area contributed by atoms with Gasteiger partial charge in [0.2, 0.25) is 0 Å². The molecular formula is C60H40N2S2. The molecule has 0 amide bonds. The molecule has 0 aliphatic heterocycles. The van der Waals surface area contributed by atoms with E-state index in [2.05, 4.69) is 252 Å². The summed E-state index contributed by atoms with van der Waals surface area (Å²) in [5, 5.41) is 5.05. The van der Waals surface area contributed by atoms with Crippen LogP contribution in [0, 0.1) is 0 Å². The Balaban J connectivity index is 1.16. The van der Waals surface area contributed by atoms with E-state index in [4.69, 9.17) is 0 Å². The monoisotopic (exact) mass is 852 g/mol. The minimum atomic E-state index is 1.11. The normalized spacial score (nSPS) is 11.4. The first-order chi connectivity index (χ1) is 31.7. The summed E-state index contributed by atoms with van der Waals surface area (Å²) in [5.41, 5.74) is 13.8. The summed E-state index contributed by atoms with van der Waals surface area (Å²) >= 11 is 3.77. The highest BCUT2D eigenvalue weighted by Crippen LogP contribution is 2.49. The first kappa shape index (κ1) is 38.0. The highest BCUT2D eigenvalue weighted by atomic mass is 32.1. The van der Waals surface area contributed by atoms with Crippen LogP contribution in [0.15, 0.2) is 243 Å². The third-order valence-electron chi connectivity index (χ3n) is 12.2. The van der Waals surface area contributed by atoms with Crippen LogP contribution in [0.1, 0.15) is 0 Å². The van der Waals surface area contributed by atoms with Gasteiger partial charge in [0.05, 0.1) is 0 Å². The molecule has 0 radical (unpaired) electrons. The fraction of sp³-hybridized carbons (Fsp3) is 0. The number of nitrogens with zero attached hydrogens (tertiary/aromatic N) is 2. The Morgan fingerprint density at radius 1 is 0.234 bits per heavy atom. The van der Waals surface area contributed by atoms with E-state index in [1.165, 1.54) is 73.7 Å². The number of benzene rings is 10. The number of rotatable bonds is 9. The average molecular weight is 853 g/mol. The van der Waals surface area contributed by atoms with Crippen LogP contribution in [0.4, 0.5) is 34.1 Å². The second kappa shape index (κ2) is 16.2. The van der Waals surface area contributed by atoms with E-state index >= 15 is 0 Å². The molecule has 0 bridgehead atoms. The average Bonchev–Trinajstić information content (AvgIpc) is 3.94. The summed E-state index contributed by atoms with van der Waals surface area (Å²) in [6, 6.07) is 88.4. The van der Waals surface area contributed by atoms with Crippen LogP contribution in [0.25, 0.3) is 73.7 Å². The van der Waals surface area contributed by atoms with Crippen molar-refractivity contribution in [2.75, 3.05) is 9.80 Å². The lowest BCUT2D eigenvalue weighted by Gasteiger charge is -2.27. The second-order valence-corrected chi connectivity index (χ2v) is 18.2. The predicted molar refractivity (Wildman–Crippen MR) is 278 cm³/mol. The number of hydrogen-bond acceptors (Lipinski definition) is 4. The van der Waals surface area contributed by atoms with Crippen LogP contribution in [0.3, 0.4) is 0 Å². The molecule has 0 atom stereocenters. The number of fused-ring (bicyclic) bond motifs is 6. The van der Waals surface area contributed by atoms with Crippen molar-refractivity contribution in [1.82, 2.24) is 0 Å². The Morgan fingerprint density at radius 2 is 0.562 bits per heavy atom. The van der Waals surface area contributed by atoms with Gasteiger partial charge >= 0.3 is 0 Å². The quantitative estimate of drug-likeness (QED) is 0.143. The Morgan fingerprint density at radius 3 is 0.953 bits per heavy atom. The van der Waals surface area contributed by atoms with Crippen molar-refractivity contribution < 1.29 is 0 Å². The minimum absolute atomic E-state index is 1.11. The predicted octanol–water partition coefficient (Wildman–Crippen LogP) is 18.4. The zero-order valence-electron chi connectivity index (χ0n) is 34.8. The highest BCUT2D eigenvalue weighted by molar-refractivity contribution is 7.26. The zero-order valence-corrected chi connectivity index (χ0v) is 36.4. The lowest BCUT2D eigenvalue weighted by atomic mass is 9.91. The van der Waals surface area contributed by atoms with Gasteiger partial charge < -0.3 is 9.80 Å². The molecule has 0 saturated carbocycles. The molecule has 0 aliphatic carbocycles. The van der Waals surface area contributed by atoms with E-state index in [9.17, 15) is 0 Å². The van der Waals surface area contributed by atoms with Crippen molar-refractivity contribution >= 4 is 97.1 Å². The van der Waals surface area contributed by atoms with Crippen LogP contribution in [0.5, 0.6) is 0 Å². The van der Waals surface area contributed by atoms with Gasteiger partial charge in [-0.1, -0.05) is 140 Å². The number of para-hydroxylation sites is 4. The number of thiophene rings is 2. The SMILES string of the molecule is c1ccc(-c2cc(-c3cc(N(c4ccccc4)c4ccccc4)cc4c3sc3ccccc34)cc(-c3cc(N(c4ccccc4)c4ccccc4)cc4c3sc3ccccc34)c2)cc1. The van der Waals surface area contributed by atoms with Crippen LogP contribution in [-0.2, 0) is 0 Å². The molecule has 0 saturated heterocycles. The third kappa shape index (κ3) is 6.81. The van der Waals surface area contributed by atoms with Crippen molar-refractivity contribution in [1.29, 1.82) is 0 Å². The van der Waals surface area contributed by atoms with E-state index < -0.39 is 0 Å². The number of anilines is 6. The zero-order chi connectivity index (χ0) is 42.4. The molecule has 0 unspecified atom stereocenters. The van der Waals surface area contributed by atoms with Gasteiger partial charge in [-0.3, -0.25) is 0 Å². The highest BCUT2D eigenvalue weighted by Gasteiger charge is 2.22. The van der Waals surface area contributed by atoms with E-state index in [1.807, 2.05) is 22.7 Å². The molecule has 2 aromatic heterocycles. The molecule has 12 aromatic rings. The van der Waals surface area contributed by atoms with E-state index in [0.29, 0.717) is 0 Å².